The molecule has 0 bridgehead atoms. The van der Waals surface area contributed by atoms with Crippen LogP contribution >= 0.6 is 0 Å². The summed E-state index contributed by atoms with van der Waals surface area (Å²) >= 11 is 0. The van der Waals surface area contributed by atoms with Gasteiger partial charge in [-0.3, -0.25) is 4.79 Å². The van der Waals surface area contributed by atoms with E-state index in [2.05, 4.69) is 58.6 Å². The van der Waals surface area contributed by atoms with Crippen LogP contribution in [-0.4, -0.2) is 145 Å². The van der Waals surface area contributed by atoms with Crippen molar-refractivity contribution in [3.8, 4) is 0 Å². The third-order valence-corrected chi connectivity index (χ3v) is 17.4. The van der Waals surface area contributed by atoms with Gasteiger partial charge in [-0.05, 0) is 108 Å². The van der Waals surface area contributed by atoms with E-state index in [9.17, 15) is 14.7 Å². The van der Waals surface area contributed by atoms with Crippen LogP contribution in [0.1, 0.15) is 134 Å². The second kappa shape index (κ2) is 20.4. The standard InChI is InChI=1S/C56H76O14/c1-31-22-42-45(27-51(58)66-42)65-50-26-44-46(70-55(50,4)28-31)23-33(3)52-41(63-44)16-10-9-15-37-38(67-52)17-11-19-40-39(62-37)18-12-20-49-56(5,69-40)29-48-43(64-49)25-47-53(68-48)36(57)24-35(61-47)21-32(2)30-60-54(59)34-13-7-6-8-14-34/h6-11,13-14,19,31,33,35-50,52-53,57H,2,12,15-18,20-30H2,1,3-5H3. The smallest absolute Gasteiger partial charge is 0.338 e. The molecule has 1 N–H and O–H groups in total. The highest BCUT2D eigenvalue weighted by molar-refractivity contribution is 5.89. The number of rotatable bonds is 5. The zero-order chi connectivity index (χ0) is 48.3. The molecule has 14 heteroatoms. The van der Waals surface area contributed by atoms with Crippen molar-refractivity contribution in [2.75, 3.05) is 6.61 Å². The first-order valence-electron chi connectivity index (χ1n) is 26.8. The molecular formula is C56H76O14. The summed E-state index contributed by atoms with van der Waals surface area (Å²) in [7, 11) is 0. The van der Waals surface area contributed by atoms with E-state index in [4.69, 9.17) is 52.1 Å². The summed E-state index contributed by atoms with van der Waals surface area (Å²) in [6, 6.07) is 8.91. The molecule has 0 radical (unpaired) electrons. The summed E-state index contributed by atoms with van der Waals surface area (Å²) in [5, 5.41) is 11.5. The highest BCUT2D eigenvalue weighted by atomic mass is 16.6. The molecule has 0 saturated carbocycles. The first-order valence-corrected chi connectivity index (χ1v) is 26.8. The number of aliphatic hydroxyl groups is 1. The van der Waals surface area contributed by atoms with Gasteiger partial charge in [-0.25, -0.2) is 4.79 Å². The van der Waals surface area contributed by atoms with Crippen molar-refractivity contribution in [2.24, 2.45) is 11.8 Å². The molecule has 0 spiro atoms. The molecule has 70 heavy (non-hydrogen) atoms. The zero-order valence-corrected chi connectivity index (χ0v) is 41.5. The van der Waals surface area contributed by atoms with Gasteiger partial charge in [-0.1, -0.05) is 62.9 Å². The van der Waals surface area contributed by atoms with E-state index in [0.717, 1.165) is 56.9 Å². The van der Waals surface area contributed by atoms with Gasteiger partial charge in [-0.2, -0.15) is 0 Å². The summed E-state index contributed by atoms with van der Waals surface area (Å²) in [6.45, 7) is 13.1. The number of ether oxygens (including phenoxy) is 11. The van der Waals surface area contributed by atoms with Gasteiger partial charge in [0.25, 0.3) is 0 Å². The van der Waals surface area contributed by atoms with Crippen molar-refractivity contribution in [1.82, 2.24) is 0 Å². The van der Waals surface area contributed by atoms with Crippen LogP contribution in [0.25, 0.3) is 0 Å². The molecule has 14 nitrogen and oxygen atoms in total. The van der Waals surface area contributed by atoms with Crippen LogP contribution in [0.5, 0.6) is 0 Å². The van der Waals surface area contributed by atoms with E-state index >= 15 is 0 Å². The molecule has 8 saturated heterocycles. The van der Waals surface area contributed by atoms with Crippen LogP contribution < -0.4 is 0 Å². The van der Waals surface area contributed by atoms with Gasteiger partial charge in [0, 0.05) is 25.7 Å². The van der Waals surface area contributed by atoms with Gasteiger partial charge in [0.05, 0.1) is 109 Å². The molecule has 10 aliphatic rings. The molecular weight excluding hydrogens is 897 g/mol. The maximum Gasteiger partial charge on any atom is 0.338 e. The number of carbonyl (C=O) groups excluding carboxylic acids is 2. The van der Waals surface area contributed by atoms with Crippen LogP contribution in [0.15, 0.2) is 66.8 Å². The summed E-state index contributed by atoms with van der Waals surface area (Å²) < 4.78 is 74.2. The molecule has 10 aliphatic heterocycles. The number of esters is 2. The molecule has 0 aliphatic carbocycles. The van der Waals surface area contributed by atoms with Crippen LogP contribution in [0, 0.1) is 11.8 Å². The lowest BCUT2D eigenvalue weighted by Gasteiger charge is -2.55. The van der Waals surface area contributed by atoms with E-state index in [1.54, 1.807) is 24.3 Å². The van der Waals surface area contributed by atoms with E-state index in [1.165, 1.54) is 0 Å². The Morgan fingerprint density at radius 2 is 1.41 bits per heavy atom. The highest BCUT2D eigenvalue weighted by Crippen LogP contribution is 2.48. The minimum atomic E-state index is -0.720. The molecule has 8 fully saturated rings. The van der Waals surface area contributed by atoms with E-state index < -0.39 is 29.4 Å². The summed E-state index contributed by atoms with van der Waals surface area (Å²) in [5.41, 5.74) is 0.0913. The van der Waals surface area contributed by atoms with Crippen molar-refractivity contribution < 1.29 is 66.8 Å². The summed E-state index contributed by atoms with van der Waals surface area (Å²) in [4.78, 5) is 24.9. The third kappa shape index (κ3) is 10.3. The molecule has 22 atom stereocenters. The van der Waals surface area contributed by atoms with Gasteiger partial charge in [0.15, 0.2) is 0 Å². The number of carbonyl (C=O) groups is 2. The van der Waals surface area contributed by atoms with Gasteiger partial charge >= 0.3 is 11.9 Å². The Hall–Kier alpha value is -3.02. The fourth-order valence-electron chi connectivity index (χ4n) is 14.0. The molecule has 0 aromatic heterocycles. The van der Waals surface area contributed by atoms with Gasteiger partial charge < -0.3 is 57.2 Å². The van der Waals surface area contributed by atoms with E-state index in [1.807, 2.05) is 6.07 Å². The molecule has 11 rings (SSSR count). The second-order valence-corrected chi connectivity index (χ2v) is 23.1. The van der Waals surface area contributed by atoms with Crippen molar-refractivity contribution in [3.63, 3.8) is 0 Å². The van der Waals surface area contributed by atoms with Crippen molar-refractivity contribution >= 4 is 11.9 Å². The Balaban J connectivity index is 0.723. The maximum atomic E-state index is 12.5. The van der Waals surface area contributed by atoms with Crippen LogP contribution in [-0.2, 0) is 56.9 Å². The van der Waals surface area contributed by atoms with Gasteiger partial charge in [0.1, 0.15) is 31.0 Å². The van der Waals surface area contributed by atoms with Gasteiger partial charge in [0.2, 0.25) is 0 Å². The maximum absolute atomic E-state index is 12.5. The molecule has 1 aromatic rings. The normalized spacial score (nSPS) is 48.0. The van der Waals surface area contributed by atoms with Crippen LogP contribution in [0.2, 0.25) is 0 Å². The zero-order valence-electron chi connectivity index (χ0n) is 41.5. The SMILES string of the molecule is C=C(COC(=O)c1ccccc1)CC1CC(O)C2OC3CC4(C)OC5C=CCC6OC7C(C)CC8OC9(C)CC(C)CC%10OC(=O)CC%10OC9CC8OC7CC=CCC6OC5CCCC4OC3CC2O1. The van der Waals surface area contributed by atoms with E-state index in [-0.39, 0.29) is 116 Å². The quantitative estimate of drug-likeness (QED) is 0.227. The number of aliphatic hydroxyl groups excluding tert-OH is 1. The second-order valence-electron chi connectivity index (χ2n) is 23.1. The minimum Gasteiger partial charge on any atom is -0.459 e. The molecule has 1 aromatic carbocycles. The van der Waals surface area contributed by atoms with Crippen molar-refractivity contribution in [1.29, 1.82) is 0 Å². The Labute approximate surface area is 413 Å². The molecule has 384 valence electrons. The monoisotopic (exact) mass is 973 g/mol. The largest absolute Gasteiger partial charge is 0.459 e. The topological polar surface area (TPSA) is 156 Å². The predicted molar refractivity (Wildman–Crippen MR) is 255 cm³/mol. The average Bonchev–Trinajstić information content (AvgIpc) is 3.62. The minimum absolute atomic E-state index is 0.0876. The summed E-state index contributed by atoms with van der Waals surface area (Å²) in [6.07, 6.45) is 14.7. The Morgan fingerprint density at radius 3 is 2.26 bits per heavy atom. The number of hydrogen-bond donors (Lipinski definition) is 1. The Kier molecular flexibility index (Phi) is 14.3. The Morgan fingerprint density at radius 1 is 0.686 bits per heavy atom. The van der Waals surface area contributed by atoms with Crippen LogP contribution in [0.3, 0.4) is 0 Å². The molecule has 22 unspecified atom stereocenters. The lowest BCUT2D eigenvalue weighted by atomic mass is 9.78. The van der Waals surface area contributed by atoms with Crippen molar-refractivity contribution in [2.45, 2.75) is 245 Å². The first kappa shape index (κ1) is 49.2. The van der Waals surface area contributed by atoms with Crippen molar-refractivity contribution in [3.05, 3.63) is 72.4 Å². The predicted octanol–water partition coefficient (Wildman–Crippen LogP) is 7.61. The Bertz CT molecular complexity index is 2100. The average molecular weight is 973 g/mol. The summed E-state index contributed by atoms with van der Waals surface area (Å²) in [5.74, 6) is -0.0736. The van der Waals surface area contributed by atoms with Gasteiger partial charge in [-0.15, -0.1) is 0 Å². The fraction of sp³-hybridized carbons (Fsp3) is 0.750. The molecule has 10 heterocycles. The van der Waals surface area contributed by atoms with Crippen LogP contribution in [0.4, 0.5) is 0 Å². The lowest BCUT2D eigenvalue weighted by Crippen LogP contribution is -2.65. The first-order chi connectivity index (χ1) is 33.8. The third-order valence-electron chi connectivity index (χ3n) is 17.4. The number of hydrogen-bond acceptors (Lipinski definition) is 14. The number of fused-ring (bicyclic) bond motifs is 9. The molecule has 0 amide bonds. The fourth-order valence-corrected chi connectivity index (χ4v) is 14.0. The number of benzene rings is 1. The van der Waals surface area contributed by atoms with E-state index in [0.29, 0.717) is 56.4 Å². The lowest BCUT2D eigenvalue weighted by molar-refractivity contribution is -0.316. The highest BCUT2D eigenvalue weighted by Gasteiger charge is 2.57.